The van der Waals surface area contributed by atoms with Gasteiger partial charge >= 0.3 is 0 Å². The molecule has 2 aromatic rings. The van der Waals surface area contributed by atoms with Gasteiger partial charge in [0.25, 0.3) is 0 Å². The number of methoxy groups -OCH3 is 1. The Morgan fingerprint density at radius 2 is 2.18 bits per heavy atom. The van der Waals surface area contributed by atoms with Crippen molar-refractivity contribution in [2.24, 2.45) is 5.73 Å². The molecule has 1 atom stereocenters. The molecular formula is C12H11BrClNO2. The smallest absolute Gasteiger partial charge is 0.174 e. The predicted molar refractivity (Wildman–Crippen MR) is 70.4 cm³/mol. The zero-order valence-corrected chi connectivity index (χ0v) is 11.5. The quantitative estimate of drug-likeness (QED) is 0.938. The first-order valence-electron chi connectivity index (χ1n) is 4.95. The second-order valence-electron chi connectivity index (χ2n) is 3.52. The first-order chi connectivity index (χ1) is 8.13. The zero-order chi connectivity index (χ0) is 12.4. The van der Waals surface area contributed by atoms with Gasteiger partial charge in [-0.2, -0.15) is 0 Å². The SMILES string of the molecule is COc1cc(C(N)c2ccoc2Br)ccc1Cl. The Labute approximate surface area is 113 Å². The Balaban J connectivity index is 2.38. The van der Waals surface area contributed by atoms with Crippen LogP contribution in [0.1, 0.15) is 17.2 Å². The first-order valence-corrected chi connectivity index (χ1v) is 6.12. The van der Waals surface area contributed by atoms with Gasteiger partial charge in [0, 0.05) is 5.56 Å². The lowest BCUT2D eigenvalue weighted by Crippen LogP contribution is -2.11. The molecule has 0 fully saturated rings. The molecule has 0 aliphatic carbocycles. The number of rotatable bonds is 3. The van der Waals surface area contributed by atoms with Crippen molar-refractivity contribution in [2.45, 2.75) is 6.04 Å². The van der Waals surface area contributed by atoms with Gasteiger partial charge in [-0.05, 0) is 39.7 Å². The van der Waals surface area contributed by atoms with Crippen molar-refractivity contribution < 1.29 is 9.15 Å². The number of ether oxygens (including phenoxy) is 1. The van der Waals surface area contributed by atoms with Crippen LogP contribution in [-0.4, -0.2) is 7.11 Å². The van der Waals surface area contributed by atoms with Crippen LogP contribution in [-0.2, 0) is 0 Å². The molecule has 17 heavy (non-hydrogen) atoms. The number of hydrogen-bond acceptors (Lipinski definition) is 3. The van der Waals surface area contributed by atoms with Gasteiger partial charge < -0.3 is 14.9 Å². The minimum atomic E-state index is -0.283. The molecule has 0 saturated heterocycles. The van der Waals surface area contributed by atoms with Crippen molar-refractivity contribution in [3.8, 4) is 5.75 Å². The van der Waals surface area contributed by atoms with E-state index in [1.165, 1.54) is 0 Å². The summed E-state index contributed by atoms with van der Waals surface area (Å²) in [5, 5.41) is 0.565. The highest BCUT2D eigenvalue weighted by Crippen LogP contribution is 2.32. The predicted octanol–water partition coefficient (Wildman–Crippen LogP) is 3.75. The van der Waals surface area contributed by atoms with E-state index in [4.69, 9.17) is 26.5 Å². The number of benzene rings is 1. The van der Waals surface area contributed by atoms with Gasteiger partial charge in [-0.15, -0.1) is 0 Å². The second-order valence-corrected chi connectivity index (χ2v) is 4.65. The molecule has 0 radical (unpaired) electrons. The van der Waals surface area contributed by atoms with Gasteiger partial charge in [-0.3, -0.25) is 0 Å². The summed E-state index contributed by atoms with van der Waals surface area (Å²) < 4.78 is 11.0. The summed E-state index contributed by atoms with van der Waals surface area (Å²) in [5.74, 6) is 0.610. The average molecular weight is 317 g/mol. The van der Waals surface area contributed by atoms with Crippen LogP contribution in [0, 0.1) is 0 Å². The first kappa shape index (κ1) is 12.5. The third-order valence-electron chi connectivity index (χ3n) is 2.52. The fraction of sp³-hybridized carbons (Fsp3) is 0.167. The number of nitrogens with two attached hydrogens (primary N) is 1. The van der Waals surface area contributed by atoms with Gasteiger partial charge in [0.15, 0.2) is 4.67 Å². The maximum atomic E-state index is 6.15. The van der Waals surface area contributed by atoms with E-state index in [0.29, 0.717) is 15.4 Å². The van der Waals surface area contributed by atoms with Crippen LogP contribution in [0.15, 0.2) is 39.6 Å². The van der Waals surface area contributed by atoms with E-state index in [2.05, 4.69) is 15.9 Å². The molecule has 1 aromatic heterocycles. The van der Waals surface area contributed by atoms with Crippen molar-refractivity contribution in [3.05, 3.63) is 51.3 Å². The third kappa shape index (κ3) is 2.49. The summed E-state index contributed by atoms with van der Waals surface area (Å²) in [6, 6.07) is 7.01. The molecule has 0 aliphatic heterocycles. The van der Waals surface area contributed by atoms with E-state index in [1.807, 2.05) is 18.2 Å². The van der Waals surface area contributed by atoms with Crippen LogP contribution in [0.25, 0.3) is 0 Å². The number of furan rings is 1. The molecule has 3 nitrogen and oxygen atoms in total. The Kier molecular flexibility index (Phi) is 3.76. The summed E-state index contributed by atoms with van der Waals surface area (Å²) in [7, 11) is 1.57. The largest absolute Gasteiger partial charge is 0.495 e. The van der Waals surface area contributed by atoms with Crippen molar-refractivity contribution in [2.75, 3.05) is 7.11 Å². The van der Waals surface area contributed by atoms with Crippen LogP contribution in [0.3, 0.4) is 0 Å². The van der Waals surface area contributed by atoms with E-state index in [0.717, 1.165) is 11.1 Å². The van der Waals surface area contributed by atoms with Gasteiger partial charge in [-0.25, -0.2) is 0 Å². The molecule has 2 N–H and O–H groups in total. The lowest BCUT2D eigenvalue weighted by molar-refractivity contribution is 0.414. The maximum absolute atomic E-state index is 6.15. The molecule has 0 spiro atoms. The van der Waals surface area contributed by atoms with Crippen LogP contribution in [0.4, 0.5) is 0 Å². The van der Waals surface area contributed by atoms with Crippen molar-refractivity contribution in [1.29, 1.82) is 0 Å². The molecule has 0 saturated carbocycles. The highest BCUT2D eigenvalue weighted by molar-refractivity contribution is 9.10. The molecular weight excluding hydrogens is 305 g/mol. The van der Waals surface area contributed by atoms with Crippen molar-refractivity contribution in [1.82, 2.24) is 0 Å². The van der Waals surface area contributed by atoms with E-state index < -0.39 is 0 Å². The van der Waals surface area contributed by atoms with E-state index in [1.54, 1.807) is 19.4 Å². The normalized spacial score (nSPS) is 12.5. The molecule has 0 amide bonds. The monoisotopic (exact) mass is 315 g/mol. The average Bonchev–Trinajstić information content (AvgIpc) is 2.75. The summed E-state index contributed by atoms with van der Waals surface area (Å²) in [5.41, 5.74) is 7.94. The molecule has 5 heteroatoms. The van der Waals surface area contributed by atoms with Crippen LogP contribution in [0.5, 0.6) is 5.75 Å². The Morgan fingerprint density at radius 3 is 2.76 bits per heavy atom. The second kappa shape index (κ2) is 5.12. The van der Waals surface area contributed by atoms with E-state index in [-0.39, 0.29) is 6.04 Å². The molecule has 2 rings (SSSR count). The zero-order valence-electron chi connectivity index (χ0n) is 9.11. The van der Waals surface area contributed by atoms with Gasteiger partial charge in [0.1, 0.15) is 5.75 Å². The molecule has 90 valence electrons. The number of hydrogen-bond donors (Lipinski definition) is 1. The summed E-state index contributed by atoms with van der Waals surface area (Å²) in [6.07, 6.45) is 1.59. The Morgan fingerprint density at radius 1 is 1.41 bits per heavy atom. The third-order valence-corrected chi connectivity index (χ3v) is 3.47. The summed E-state index contributed by atoms with van der Waals surface area (Å²) >= 11 is 9.27. The van der Waals surface area contributed by atoms with Crippen LogP contribution >= 0.6 is 27.5 Å². The van der Waals surface area contributed by atoms with Crippen molar-refractivity contribution in [3.63, 3.8) is 0 Å². The number of halogens is 2. The van der Waals surface area contributed by atoms with E-state index in [9.17, 15) is 0 Å². The fourth-order valence-corrected chi connectivity index (χ4v) is 2.26. The Hall–Kier alpha value is -0.970. The molecule has 0 bridgehead atoms. The van der Waals surface area contributed by atoms with Gasteiger partial charge in [0.2, 0.25) is 0 Å². The maximum Gasteiger partial charge on any atom is 0.174 e. The minimum Gasteiger partial charge on any atom is -0.495 e. The van der Waals surface area contributed by atoms with E-state index >= 15 is 0 Å². The summed E-state index contributed by atoms with van der Waals surface area (Å²) in [6.45, 7) is 0. The highest BCUT2D eigenvalue weighted by atomic mass is 79.9. The topological polar surface area (TPSA) is 48.4 Å². The highest BCUT2D eigenvalue weighted by Gasteiger charge is 2.15. The summed E-state index contributed by atoms with van der Waals surface area (Å²) in [4.78, 5) is 0. The fourth-order valence-electron chi connectivity index (χ4n) is 1.58. The lowest BCUT2D eigenvalue weighted by Gasteiger charge is -2.12. The van der Waals surface area contributed by atoms with Crippen molar-refractivity contribution >= 4 is 27.5 Å². The molecule has 1 heterocycles. The molecule has 1 unspecified atom stereocenters. The van der Waals surface area contributed by atoms with Gasteiger partial charge in [0.05, 0.1) is 24.4 Å². The minimum absolute atomic E-state index is 0.283. The Bertz CT molecular complexity index is 527. The molecule has 1 aromatic carbocycles. The van der Waals surface area contributed by atoms with Crippen LogP contribution < -0.4 is 10.5 Å². The van der Waals surface area contributed by atoms with Gasteiger partial charge in [-0.1, -0.05) is 17.7 Å². The molecule has 0 aliphatic rings. The van der Waals surface area contributed by atoms with Crippen LogP contribution in [0.2, 0.25) is 5.02 Å². The lowest BCUT2D eigenvalue weighted by atomic mass is 10.0. The standard InChI is InChI=1S/C12H11BrClNO2/c1-16-10-6-7(2-3-9(10)14)11(15)8-4-5-17-12(8)13/h2-6,11H,15H2,1H3.